The molecule has 1 aromatic carbocycles. The van der Waals surface area contributed by atoms with Crippen molar-refractivity contribution in [3.8, 4) is 0 Å². The summed E-state index contributed by atoms with van der Waals surface area (Å²) < 4.78 is 93.2. The molecule has 0 saturated heterocycles. The zero-order valence-corrected chi connectivity index (χ0v) is 9.15. The second-order valence-electron chi connectivity index (χ2n) is 3.12. The lowest BCUT2D eigenvalue weighted by molar-refractivity contribution is 0.0776. The summed E-state index contributed by atoms with van der Waals surface area (Å²) in [5, 5.41) is -4.71. The number of halogens is 5. The molecule has 0 saturated carbocycles. The van der Waals surface area contributed by atoms with Gasteiger partial charge in [0, 0.05) is 11.1 Å². The van der Waals surface area contributed by atoms with Gasteiger partial charge in [0.2, 0.25) is 0 Å². The molecule has 0 amide bonds. The van der Waals surface area contributed by atoms with E-state index < -0.39 is 38.4 Å². The summed E-state index contributed by atoms with van der Waals surface area (Å²) >= 11 is 0. The van der Waals surface area contributed by atoms with Crippen LogP contribution < -0.4 is 0 Å². The van der Waals surface area contributed by atoms with E-state index in [0.29, 0.717) is 24.3 Å². The molecule has 1 aromatic rings. The van der Waals surface area contributed by atoms with Crippen LogP contribution in [-0.4, -0.2) is 13.0 Å². The van der Waals surface area contributed by atoms with E-state index in [-0.39, 0.29) is 0 Å². The van der Waals surface area contributed by atoms with Gasteiger partial charge in [0.05, 0.1) is 0 Å². The minimum atomic E-state index is -5.94. The normalized spacial score (nSPS) is 12.3. The van der Waals surface area contributed by atoms with Gasteiger partial charge in [-0.3, -0.25) is 0 Å². The average molecular weight is 287 g/mol. The third-order valence-electron chi connectivity index (χ3n) is 1.95. The Morgan fingerprint density at radius 3 is 1.83 bits per heavy atom. The smallest absolute Gasteiger partial charge is 0.359 e. The van der Waals surface area contributed by atoms with Crippen LogP contribution in [0.3, 0.4) is 0 Å². The van der Waals surface area contributed by atoms with Gasteiger partial charge in [-0.05, 0) is 0 Å². The maximum absolute atomic E-state index is 13.0. The Kier molecular flexibility index (Phi) is 3.77. The third kappa shape index (κ3) is 2.67. The Labute approximate surface area is 98.3 Å². The summed E-state index contributed by atoms with van der Waals surface area (Å²) in [7, 11) is -5.94. The van der Waals surface area contributed by atoms with Gasteiger partial charge in [0.1, 0.15) is 0 Å². The quantitative estimate of drug-likeness (QED) is 0.634. The lowest BCUT2D eigenvalue weighted by Crippen LogP contribution is -2.25. The van der Waals surface area contributed by atoms with Gasteiger partial charge < -0.3 is 4.55 Å². The molecule has 100 valence electrons. The summed E-state index contributed by atoms with van der Waals surface area (Å²) in [4.78, 5) is 0. The van der Waals surface area contributed by atoms with E-state index in [1.165, 1.54) is 0 Å². The maximum atomic E-state index is 13.0. The Morgan fingerprint density at radius 1 is 1.06 bits per heavy atom. The summed E-state index contributed by atoms with van der Waals surface area (Å²) in [6.45, 7) is 0. The van der Waals surface area contributed by atoms with Gasteiger partial charge in [0.15, 0.2) is 15.9 Å². The molecular weight excluding hydrogens is 283 g/mol. The largest absolute Gasteiger partial charge is 0.743 e. The predicted molar refractivity (Wildman–Crippen MR) is 50.3 cm³/mol. The SMILES string of the molecule is O=S(=O)([O-])C(F)(F)c1ccc(C(F)=C(F)F)cc1. The van der Waals surface area contributed by atoms with Gasteiger partial charge in [-0.25, -0.2) is 12.8 Å². The van der Waals surface area contributed by atoms with Crippen molar-refractivity contribution < 1.29 is 34.9 Å². The first-order valence-electron chi connectivity index (χ1n) is 4.22. The van der Waals surface area contributed by atoms with E-state index in [1.54, 1.807) is 0 Å². The van der Waals surface area contributed by atoms with Crippen molar-refractivity contribution >= 4 is 15.9 Å². The zero-order valence-electron chi connectivity index (χ0n) is 8.33. The van der Waals surface area contributed by atoms with Gasteiger partial charge in [0.25, 0.3) is 0 Å². The minimum Gasteiger partial charge on any atom is -0.743 e. The van der Waals surface area contributed by atoms with Crippen molar-refractivity contribution in [3.05, 3.63) is 41.5 Å². The molecule has 0 N–H and O–H groups in total. The molecule has 0 aromatic heterocycles. The molecule has 0 heterocycles. The highest BCUT2D eigenvalue weighted by Gasteiger charge is 2.39. The standard InChI is InChI=1S/C9H5F5O3S/c10-7(8(11)12)5-1-3-6(4-2-5)9(13,14)18(15,16)17/h1-4H,(H,15,16,17)/p-1. The first kappa shape index (κ1) is 14.6. The first-order chi connectivity index (χ1) is 8.07. The van der Waals surface area contributed by atoms with Crippen LogP contribution >= 0.6 is 0 Å². The molecule has 0 aliphatic rings. The van der Waals surface area contributed by atoms with E-state index in [2.05, 4.69) is 0 Å². The highest BCUT2D eigenvalue weighted by atomic mass is 32.2. The third-order valence-corrected chi connectivity index (χ3v) is 2.82. The van der Waals surface area contributed by atoms with Gasteiger partial charge >= 0.3 is 11.3 Å². The summed E-state index contributed by atoms with van der Waals surface area (Å²) in [5.74, 6) is -1.92. The van der Waals surface area contributed by atoms with Crippen LogP contribution in [0.25, 0.3) is 5.83 Å². The van der Waals surface area contributed by atoms with E-state index in [1.807, 2.05) is 0 Å². The van der Waals surface area contributed by atoms with Crippen molar-refractivity contribution in [1.29, 1.82) is 0 Å². The maximum Gasteiger partial charge on any atom is 0.359 e. The minimum absolute atomic E-state index is 0.382. The number of hydrogen-bond donors (Lipinski definition) is 0. The Morgan fingerprint density at radius 2 is 1.50 bits per heavy atom. The van der Waals surface area contributed by atoms with Crippen molar-refractivity contribution in [3.63, 3.8) is 0 Å². The predicted octanol–water partition coefficient (Wildman–Crippen LogP) is 2.82. The molecule has 0 bridgehead atoms. The molecule has 0 radical (unpaired) electrons. The number of alkyl halides is 2. The second-order valence-corrected chi connectivity index (χ2v) is 4.54. The van der Waals surface area contributed by atoms with E-state index in [9.17, 15) is 34.9 Å². The fourth-order valence-electron chi connectivity index (χ4n) is 1.06. The second kappa shape index (κ2) is 4.65. The van der Waals surface area contributed by atoms with Gasteiger partial charge in [-0.15, -0.1) is 0 Å². The number of benzene rings is 1. The van der Waals surface area contributed by atoms with Crippen molar-refractivity contribution in [2.75, 3.05) is 0 Å². The van der Waals surface area contributed by atoms with E-state index in [4.69, 9.17) is 0 Å². The Balaban J connectivity index is 3.24. The lowest BCUT2D eigenvalue weighted by Gasteiger charge is -2.20. The number of rotatable bonds is 3. The molecule has 0 spiro atoms. The van der Waals surface area contributed by atoms with Gasteiger partial charge in [-0.1, -0.05) is 24.3 Å². The average Bonchev–Trinajstić information content (AvgIpc) is 2.26. The van der Waals surface area contributed by atoms with Crippen molar-refractivity contribution in [2.24, 2.45) is 0 Å². The van der Waals surface area contributed by atoms with Crippen molar-refractivity contribution in [2.45, 2.75) is 5.25 Å². The molecule has 9 heteroatoms. The molecule has 0 fully saturated rings. The van der Waals surface area contributed by atoms with E-state index >= 15 is 0 Å². The molecule has 3 nitrogen and oxygen atoms in total. The van der Waals surface area contributed by atoms with Crippen molar-refractivity contribution in [1.82, 2.24) is 0 Å². The molecule has 0 unspecified atom stereocenters. The molecule has 18 heavy (non-hydrogen) atoms. The van der Waals surface area contributed by atoms with Crippen LogP contribution in [0.15, 0.2) is 30.3 Å². The summed E-state index contributed by atoms with van der Waals surface area (Å²) in [6, 6.07) is 1.80. The van der Waals surface area contributed by atoms with Gasteiger partial charge in [-0.2, -0.15) is 17.6 Å². The Bertz CT molecular complexity index is 573. The zero-order chi connectivity index (χ0) is 14.1. The fourth-order valence-corrected chi connectivity index (χ4v) is 1.49. The molecular formula is C9H4F5O3S-. The molecule has 1 rings (SSSR count). The first-order valence-corrected chi connectivity index (χ1v) is 5.63. The summed E-state index contributed by atoms with van der Waals surface area (Å²) in [6.07, 6.45) is -2.65. The molecule has 0 atom stereocenters. The topological polar surface area (TPSA) is 57.2 Å². The lowest BCUT2D eigenvalue weighted by atomic mass is 10.1. The molecule has 0 aliphatic heterocycles. The van der Waals surface area contributed by atoms with E-state index in [0.717, 1.165) is 0 Å². The van der Waals surface area contributed by atoms with Crippen LogP contribution in [0.2, 0.25) is 0 Å². The summed E-state index contributed by atoms with van der Waals surface area (Å²) in [5.41, 5.74) is -1.94. The van der Waals surface area contributed by atoms with Crippen LogP contribution in [0, 0.1) is 0 Å². The Hall–Kier alpha value is -1.48. The monoisotopic (exact) mass is 287 g/mol. The highest BCUT2D eigenvalue weighted by Crippen LogP contribution is 2.34. The fraction of sp³-hybridized carbons (Fsp3) is 0.111. The highest BCUT2D eigenvalue weighted by molar-refractivity contribution is 7.86. The van der Waals surface area contributed by atoms with Crippen LogP contribution in [0.1, 0.15) is 11.1 Å². The number of hydrogen-bond acceptors (Lipinski definition) is 3. The molecule has 0 aliphatic carbocycles. The van der Waals surface area contributed by atoms with Crippen LogP contribution in [-0.2, 0) is 15.4 Å². The van der Waals surface area contributed by atoms with Crippen LogP contribution in [0.5, 0.6) is 0 Å². The van der Waals surface area contributed by atoms with Crippen LogP contribution in [0.4, 0.5) is 22.0 Å².